The molecule has 102 valence electrons. The predicted octanol–water partition coefficient (Wildman–Crippen LogP) is 1.81. The molecule has 5 heteroatoms. The molecule has 0 N–H and O–H groups in total. The van der Waals surface area contributed by atoms with E-state index in [1.165, 1.54) is 32.2 Å². The lowest BCUT2D eigenvalue weighted by Gasteiger charge is -2.46. The molecular weight excluding hydrogens is 234 g/mol. The van der Waals surface area contributed by atoms with Gasteiger partial charge in [-0.25, -0.2) is 0 Å². The molecule has 1 rings (SSSR count). The summed E-state index contributed by atoms with van der Waals surface area (Å²) in [7, 11) is 4.98. The van der Waals surface area contributed by atoms with Crippen molar-refractivity contribution in [2.75, 3.05) is 41.1 Å². The zero-order valence-electron chi connectivity index (χ0n) is 12.0. The Bertz CT molecular complexity index is 228. The largest absolute Gasteiger partial charge is 0.558 e. The van der Waals surface area contributed by atoms with Gasteiger partial charge >= 0.3 is 8.80 Å². The van der Waals surface area contributed by atoms with E-state index in [9.17, 15) is 0 Å². The maximum absolute atomic E-state index is 5.58. The van der Waals surface area contributed by atoms with Crippen molar-refractivity contribution in [2.45, 2.75) is 38.6 Å². The van der Waals surface area contributed by atoms with E-state index in [-0.39, 0.29) is 0 Å². The molecular formula is C12H28NO3Si+. The Kier molecular flexibility index (Phi) is 5.59. The summed E-state index contributed by atoms with van der Waals surface area (Å²) in [6.07, 6.45) is 6.07. The maximum Gasteiger partial charge on any atom is 0.558 e. The summed E-state index contributed by atoms with van der Waals surface area (Å²) in [5.41, 5.74) is 0. The van der Waals surface area contributed by atoms with Crippen LogP contribution in [0.25, 0.3) is 0 Å². The molecule has 4 nitrogen and oxygen atoms in total. The molecule has 0 radical (unpaired) electrons. The van der Waals surface area contributed by atoms with Gasteiger partial charge in [0.1, 0.15) is 6.17 Å². The maximum atomic E-state index is 5.58. The second kappa shape index (κ2) is 6.29. The number of hydrogen-bond acceptors (Lipinski definition) is 3. The molecule has 0 aliphatic carbocycles. The molecule has 17 heavy (non-hydrogen) atoms. The summed E-state index contributed by atoms with van der Waals surface area (Å²) in [5, 5.41) is 0. The van der Waals surface area contributed by atoms with Crippen molar-refractivity contribution in [2.24, 2.45) is 0 Å². The summed E-state index contributed by atoms with van der Waals surface area (Å²) in [5.74, 6) is 0. The molecule has 0 bridgehead atoms. The highest BCUT2D eigenvalue weighted by Gasteiger charge is 2.49. The Hall–Kier alpha value is 0.0569. The van der Waals surface area contributed by atoms with Gasteiger partial charge in [-0.05, 0) is 25.7 Å². The first-order chi connectivity index (χ1) is 8.05. The SMILES string of the molecule is CCC1CCCC[N+]1(C)C[Si](OC)(OC)OC. The van der Waals surface area contributed by atoms with E-state index in [1.807, 2.05) is 0 Å². The van der Waals surface area contributed by atoms with Crippen molar-refractivity contribution in [1.29, 1.82) is 0 Å². The second-order valence-electron chi connectivity index (χ2n) is 5.21. The van der Waals surface area contributed by atoms with E-state index >= 15 is 0 Å². The molecule has 0 spiro atoms. The summed E-state index contributed by atoms with van der Waals surface area (Å²) in [6.45, 7) is 3.49. The van der Waals surface area contributed by atoms with Gasteiger partial charge in [-0.1, -0.05) is 6.92 Å². The molecule has 0 aromatic heterocycles. The van der Waals surface area contributed by atoms with Crippen LogP contribution in [0.5, 0.6) is 0 Å². The van der Waals surface area contributed by atoms with Crippen molar-refractivity contribution in [3.05, 3.63) is 0 Å². The molecule has 0 saturated carbocycles. The first-order valence-corrected chi connectivity index (χ1v) is 8.48. The Balaban J connectivity index is 2.80. The zero-order valence-corrected chi connectivity index (χ0v) is 13.0. The van der Waals surface area contributed by atoms with Gasteiger partial charge in [0, 0.05) is 21.3 Å². The molecule has 0 amide bonds. The molecule has 2 atom stereocenters. The number of hydrogen-bond donors (Lipinski definition) is 0. The van der Waals surface area contributed by atoms with E-state index in [0.29, 0.717) is 0 Å². The van der Waals surface area contributed by atoms with Crippen LogP contribution in [0.3, 0.4) is 0 Å². The molecule has 1 heterocycles. The highest BCUT2D eigenvalue weighted by Crippen LogP contribution is 2.28. The molecule has 1 fully saturated rings. The number of likely N-dealkylation sites (tertiary alicyclic amines) is 1. The Morgan fingerprint density at radius 3 is 2.18 bits per heavy atom. The van der Waals surface area contributed by atoms with E-state index in [0.717, 1.165) is 16.7 Å². The van der Waals surface area contributed by atoms with Crippen LogP contribution in [-0.2, 0) is 13.3 Å². The average molecular weight is 262 g/mol. The fraction of sp³-hybridized carbons (Fsp3) is 1.00. The minimum atomic E-state index is -2.46. The van der Waals surface area contributed by atoms with Crippen LogP contribution in [-0.4, -0.2) is 60.4 Å². The Labute approximate surface area is 107 Å². The third-order valence-corrected chi connectivity index (χ3v) is 7.27. The van der Waals surface area contributed by atoms with Crippen LogP contribution in [0, 0.1) is 0 Å². The number of piperidine rings is 1. The molecule has 2 unspecified atom stereocenters. The van der Waals surface area contributed by atoms with Crippen LogP contribution in [0.1, 0.15) is 32.6 Å². The zero-order chi connectivity index (χ0) is 12.9. The number of nitrogens with zero attached hydrogens (tertiary/aromatic N) is 1. The first-order valence-electron chi connectivity index (χ1n) is 6.55. The van der Waals surface area contributed by atoms with Gasteiger partial charge in [-0.15, -0.1) is 0 Å². The first kappa shape index (κ1) is 15.1. The number of rotatable bonds is 6. The number of quaternary nitrogens is 1. The minimum absolute atomic E-state index is 0.719. The van der Waals surface area contributed by atoms with Crippen LogP contribution in [0.2, 0.25) is 0 Å². The van der Waals surface area contributed by atoms with E-state index < -0.39 is 8.80 Å². The van der Waals surface area contributed by atoms with Crippen LogP contribution < -0.4 is 0 Å². The lowest BCUT2D eigenvalue weighted by atomic mass is 9.98. The topological polar surface area (TPSA) is 27.7 Å². The van der Waals surface area contributed by atoms with Gasteiger partial charge in [-0.3, -0.25) is 0 Å². The standard InChI is InChI=1S/C12H28NO3Si/c1-6-12-9-7-8-10-13(12,2)11-17(14-3,15-4)16-5/h12H,6-11H2,1-5H3/q+1. The molecule has 1 saturated heterocycles. The Morgan fingerprint density at radius 2 is 1.71 bits per heavy atom. The summed E-state index contributed by atoms with van der Waals surface area (Å²) >= 11 is 0. The lowest BCUT2D eigenvalue weighted by molar-refractivity contribution is -0.931. The van der Waals surface area contributed by atoms with Gasteiger partial charge < -0.3 is 17.8 Å². The van der Waals surface area contributed by atoms with Crippen molar-refractivity contribution in [3.8, 4) is 0 Å². The highest BCUT2D eigenvalue weighted by molar-refractivity contribution is 6.60. The molecule has 0 aromatic rings. The Morgan fingerprint density at radius 1 is 1.12 bits per heavy atom. The fourth-order valence-electron chi connectivity index (χ4n) is 3.09. The lowest BCUT2D eigenvalue weighted by Crippen LogP contribution is -2.65. The average Bonchev–Trinajstić information content (AvgIpc) is 2.36. The van der Waals surface area contributed by atoms with E-state index in [2.05, 4.69) is 14.0 Å². The third-order valence-electron chi connectivity index (χ3n) is 4.30. The van der Waals surface area contributed by atoms with E-state index in [1.54, 1.807) is 21.3 Å². The fourth-order valence-corrected chi connectivity index (χ4v) is 5.27. The predicted molar refractivity (Wildman–Crippen MR) is 70.6 cm³/mol. The van der Waals surface area contributed by atoms with Crippen molar-refractivity contribution in [3.63, 3.8) is 0 Å². The normalized spacial score (nSPS) is 30.5. The summed E-state index contributed by atoms with van der Waals surface area (Å²) in [6, 6.07) is 0.719. The van der Waals surface area contributed by atoms with Crippen molar-refractivity contribution < 1.29 is 17.8 Å². The van der Waals surface area contributed by atoms with Gasteiger partial charge in [0.2, 0.25) is 0 Å². The van der Waals surface area contributed by atoms with Crippen LogP contribution in [0.4, 0.5) is 0 Å². The summed E-state index contributed by atoms with van der Waals surface area (Å²) < 4.78 is 17.8. The molecule has 1 aliphatic rings. The van der Waals surface area contributed by atoms with Crippen LogP contribution in [0.15, 0.2) is 0 Å². The highest BCUT2D eigenvalue weighted by atomic mass is 28.4. The third kappa shape index (κ3) is 3.29. The summed E-state index contributed by atoms with van der Waals surface area (Å²) in [4.78, 5) is 0. The van der Waals surface area contributed by atoms with Crippen molar-refractivity contribution in [1.82, 2.24) is 0 Å². The van der Waals surface area contributed by atoms with Gasteiger partial charge in [0.15, 0.2) is 0 Å². The monoisotopic (exact) mass is 262 g/mol. The van der Waals surface area contributed by atoms with Gasteiger partial charge in [-0.2, -0.15) is 0 Å². The second-order valence-corrected chi connectivity index (χ2v) is 8.12. The smallest absolute Gasteiger partial charge is 0.374 e. The molecule has 1 aliphatic heterocycles. The van der Waals surface area contributed by atoms with E-state index in [4.69, 9.17) is 13.3 Å². The van der Waals surface area contributed by atoms with Gasteiger partial charge in [0.25, 0.3) is 0 Å². The molecule has 0 aromatic carbocycles. The van der Waals surface area contributed by atoms with Crippen molar-refractivity contribution >= 4 is 8.80 Å². The van der Waals surface area contributed by atoms with Crippen LogP contribution >= 0.6 is 0 Å². The quantitative estimate of drug-likeness (QED) is 0.540. The minimum Gasteiger partial charge on any atom is -0.374 e. The van der Waals surface area contributed by atoms with Gasteiger partial charge in [0.05, 0.1) is 19.6 Å².